The molecule has 0 aliphatic carbocycles. The predicted octanol–water partition coefficient (Wildman–Crippen LogP) is 2.47. The van der Waals surface area contributed by atoms with E-state index in [2.05, 4.69) is 60.6 Å². The van der Waals surface area contributed by atoms with Crippen LogP contribution in [-0.2, 0) is 20.1 Å². The molecule has 0 saturated carbocycles. The fourth-order valence-corrected chi connectivity index (χ4v) is 2.44. The molecule has 0 spiro atoms. The van der Waals surface area contributed by atoms with E-state index in [0.29, 0.717) is 0 Å². The molecule has 0 amide bonds. The van der Waals surface area contributed by atoms with E-state index in [1.165, 1.54) is 22.4 Å². The van der Waals surface area contributed by atoms with E-state index in [-0.39, 0.29) is 0 Å². The number of hydrogen-bond donors (Lipinski definition) is 1. The molecular weight excluding hydrogens is 248 g/mol. The lowest BCUT2D eigenvalue weighted by molar-refractivity contribution is 0.726. The molecule has 0 unspecified atom stereocenters. The minimum atomic E-state index is 0.876. The normalized spacial score (nSPS) is 10.8. The highest BCUT2D eigenvalue weighted by atomic mass is 15.2. The summed E-state index contributed by atoms with van der Waals surface area (Å²) in [5, 5.41) is 7.57. The van der Waals surface area contributed by atoms with Gasteiger partial charge in [0, 0.05) is 44.6 Å². The Morgan fingerprint density at radius 2 is 2.10 bits per heavy atom. The maximum absolute atomic E-state index is 4.22. The van der Waals surface area contributed by atoms with Crippen LogP contribution in [0.2, 0.25) is 0 Å². The standard InChI is InChI=1S/C16H24N4/c1-5-17-9-14-6-7-16(13(2)8-14)19(3)11-15-10-18-20(4)12-15/h6-8,10,12,17H,5,9,11H2,1-4H3. The molecule has 0 saturated heterocycles. The van der Waals surface area contributed by atoms with Crippen molar-refractivity contribution < 1.29 is 0 Å². The molecule has 0 atom stereocenters. The van der Waals surface area contributed by atoms with Gasteiger partial charge >= 0.3 is 0 Å². The van der Waals surface area contributed by atoms with E-state index in [1.54, 1.807) is 0 Å². The van der Waals surface area contributed by atoms with Gasteiger partial charge in [0.15, 0.2) is 0 Å². The summed E-state index contributed by atoms with van der Waals surface area (Å²) in [6.07, 6.45) is 3.98. The van der Waals surface area contributed by atoms with E-state index >= 15 is 0 Å². The Kier molecular flexibility index (Phi) is 4.79. The summed E-state index contributed by atoms with van der Waals surface area (Å²) >= 11 is 0. The van der Waals surface area contributed by atoms with Crippen molar-refractivity contribution in [2.45, 2.75) is 26.9 Å². The SMILES string of the molecule is CCNCc1ccc(N(C)Cc2cnn(C)c2)c(C)c1. The van der Waals surface area contributed by atoms with Crippen LogP contribution in [0.15, 0.2) is 30.6 Å². The number of hydrogen-bond acceptors (Lipinski definition) is 3. The summed E-state index contributed by atoms with van der Waals surface area (Å²) in [5.41, 5.74) is 5.15. The van der Waals surface area contributed by atoms with Crippen molar-refractivity contribution in [1.29, 1.82) is 0 Å². The Bertz CT molecular complexity index is 559. The third kappa shape index (κ3) is 3.61. The van der Waals surface area contributed by atoms with Gasteiger partial charge in [-0.1, -0.05) is 19.1 Å². The average molecular weight is 272 g/mol. The Balaban J connectivity index is 2.07. The number of aryl methyl sites for hydroxylation is 2. The molecule has 0 bridgehead atoms. The largest absolute Gasteiger partial charge is 0.370 e. The molecule has 1 aromatic heterocycles. The highest BCUT2D eigenvalue weighted by molar-refractivity contribution is 5.54. The Morgan fingerprint density at radius 1 is 1.30 bits per heavy atom. The highest BCUT2D eigenvalue weighted by Gasteiger charge is 2.07. The van der Waals surface area contributed by atoms with Crippen LogP contribution >= 0.6 is 0 Å². The summed E-state index contributed by atoms with van der Waals surface area (Å²) < 4.78 is 1.84. The molecule has 20 heavy (non-hydrogen) atoms. The third-order valence-electron chi connectivity index (χ3n) is 3.43. The summed E-state index contributed by atoms with van der Waals surface area (Å²) in [4.78, 5) is 2.27. The second-order valence-corrected chi connectivity index (χ2v) is 5.28. The van der Waals surface area contributed by atoms with Crippen molar-refractivity contribution in [3.05, 3.63) is 47.3 Å². The van der Waals surface area contributed by atoms with Crippen molar-refractivity contribution in [3.63, 3.8) is 0 Å². The van der Waals surface area contributed by atoms with Gasteiger partial charge < -0.3 is 10.2 Å². The van der Waals surface area contributed by atoms with Crippen LogP contribution in [0.4, 0.5) is 5.69 Å². The molecule has 1 heterocycles. The molecule has 0 aliphatic heterocycles. The number of rotatable bonds is 6. The maximum atomic E-state index is 4.22. The zero-order chi connectivity index (χ0) is 14.5. The third-order valence-corrected chi connectivity index (χ3v) is 3.43. The fourth-order valence-electron chi connectivity index (χ4n) is 2.44. The lowest BCUT2D eigenvalue weighted by Gasteiger charge is -2.21. The van der Waals surface area contributed by atoms with Crippen molar-refractivity contribution in [1.82, 2.24) is 15.1 Å². The van der Waals surface area contributed by atoms with Gasteiger partial charge in [-0.2, -0.15) is 5.10 Å². The smallest absolute Gasteiger partial charge is 0.0539 e. The summed E-state index contributed by atoms with van der Waals surface area (Å²) in [5.74, 6) is 0. The van der Waals surface area contributed by atoms with Gasteiger partial charge in [-0.3, -0.25) is 4.68 Å². The Morgan fingerprint density at radius 3 is 2.70 bits per heavy atom. The first-order valence-corrected chi connectivity index (χ1v) is 7.09. The average Bonchev–Trinajstić information content (AvgIpc) is 2.81. The first kappa shape index (κ1) is 14.6. The summed E-state index contributed by atoms with van der Waals surface area (Å²) in [6.45, 7) is 7.11. The lowest BCUT2D eigenvalue weighted by atomic mass is 10.1. The Hall–Kier alpha value is -1.81. The molecule has 1 aromatic carbocycles. The number of aromatic nitrogens is 2. The molecule has 2 rings (SSSR count). The van der Waals surface area contributed by atoms with E-state index in [0.717, 1.165) is 19.6 Å². The van der Waals surface area contributed by atoms with E-state index in [1.807, 2.05) is 17.9 Å². The Labute approximate surface area is 121 Å². The van der Waals surface area contributed by atoms with Crippen LogP contribution in [0.25, 0.3) is 0 Å². The number of benzene rings is 1. The topological polar surface area (TPSA) is 33.1 Å². The van der Waals surface area contributed by atoms with Crippen molar-refractivity contribution in [2.75, 3.05) is 18.5 Å². The zero-order valence-electron chi connectivity index (χ0n) is 12.8. The highest BCUT2D eigenvalue weighted by Crippen LogP contribution is 2.21. The molecule has 0 aliphatic rings. The second kappa shape index (κ2) is 6.57. The van der Waals surface area contributed by atoms with Gasteiger partial charge in [-0.15, -0.1) is 0 Å². The minimum Gasteiger partial charge on any atom is -0.370 e. The number of nitrogens with one attached hydrogen (secondary N) is 1. The molecule has 4 nitrogen and oxygen atoms in total. The molecule has 4 heteroatoms. The molecule has 2 aromatic rings. The van der Waals surface area contributed by atoms with Crippen LogP contribution in [0.5, 0.6) is 0 Å². The quantitative estimate of drug-likeness (QED) is 0.877. The van der Waals surface area contributed by atoms with Crippen molar-refractivity contribution in [2.24, 2.45) is 7.05 Å². The van der Waals surface area contributed by atoms with Crippen LogP contribution in [0.3, 0.4) is 0 Å². The van der Waals surface area contributed by atoms with Crippen LogP contribution in [0.1, 0.15) is 23.6 Å². The van der Waals surface area contributed by atoms with Crippen LogP contribution in [-0.4, -0.2) is 23.4 Å². The molecule has 0 radical (unpaired) electrons. The van der Waals surface area contributed by atoms with Crippen molar-refractivity contribution >= 4 is 5.69 Å². The van der Waals surface area contributed by atoms with Gasteiger partial charge in [0.1, 0.15) is 0 Å². The van der Waals surface area contributed by atoms with E-state index in [9.17, 15) is 0 Å². The summed E-state index contributed by atoms with van der Waals surface area (Å²) in [7, 11) is 4.07. The van der Waals surface area contributed by atoms with Gasteiger partial charge in [0.25, 0.3) is 0 Å². The summed E-state index contributed by atoms with van der Waals surface area (Å²) in [6, 6.07) is 6.67. The lowest BCUT2D eigenvalue weighted by Crippen LogP contribution is -2.17. The first-order chi connectivity index (χ1) is 9.60. The minimum absolute atomic E-state index is 0.876. The van der Waals surface area contributed by atoms with Gasteiger partial charge in [-0.05, 0) is 30.7 Å². The molecular formula is C16H24N4. The van der Waals surface area contributed by atoms with E-state index < -0.39 is 0 Å². The maximum Gasteiger partial charge on any atom is 0.0539 e. The van der Waals surface area contributed by atoms with Crippen molar-refractivity contribution in [3.8, 4) is 0 Å². The first-order valence-electron chi connectivity index (χ1n) is 7.09. The fraction of sp³-hybridized carbons (Fsp3) is 0.438. The molecule has 1 N–H and O–H groups in total. The van der Waals surface area contributed by atoms with Gasteiger partial charge in [0.2, 0.25) is 0 Å². The molecule has 0 fully saturated rings. The second-order valence-electron chi connectivity index (χ2n) is 5.28. The number of anilines is 1. The van der Waals surface area contributed by atoms with Crippen LogP contribution in [0, 0.1) is 6.92 Å². The van der Waals surface area contributed by atoms with Crippen LogP contribution < -0.4 is 10.2 Å². The zero-order valence-corrected chi connectivity index (χ0v) is 12.8. The number of nitrogens with zero attached hydrogens (tertiary/aromatic N) is 3. The monoisotopic (exact) mass is 272 g/mol. The molecule has 108 valence electrons. The van der Waals surface area contributed by atoms with Gasteiger partial charge in [0.05, 0.1) is 6.20 Å². The van der Waals surface area contributed by atoms with Gasteiger partial charge in [-0.25, -0.2) is 0 Å². The predicted molar refractivity (Wildman–Crippen MR) is 83.9 cm³/mol. The van der Waals surface area contributed by atoms with E-state index in [4.69, 9.17) is 0 Å².